The van der Waals surface area contributed by atoms with Crippen LogP contribution in [-0.4, -0.2) is 34.5 Å². The van der Waals surface area contributed by atoms with E-state index in [0.717, 1.165) is 36.3 Å². The van der Waals surface area contributed by atoms with Gasteiger partial charge in [0.15, 0.2) is 0 Å². The van der Waals surface area contributed by atoms with Crippen LogP contribution in [0.3, 0.4) is 0 Å². The third-order valence-corrected chi connectivity index (χ3v) is 6.14. The van der Waals surface area contributed by atoms with Gasteiger partial charge in [-0.2, -0.15) is 0 Å². The highest BCUT2D eigenvalue weighted by Crippen LogP contribution is 2.39. The van der Waals surface area contributed by atoms with Crippen molar-refractivity contribution in [2.24, 2.45) is 0 Å². The average Bonchev–Trinajstić information content (AvgIpc) is 3.27. The van der Waals surface area contributed by atoms with Crippen LogP contribution in [0, 0.1) is 5.82 Å². The van der Waals surface area contributed by atoms with Gasteiger partial charge in [-0.1, -0.05) is 36.3 Å². The third-order valence-electron chi connectivity index (χ3n) is 5.30. The molecule has 2 amide bonds. The van der Waals surface area contributed by atoms with E-state index < -0.39 is 0 Å². The molecule has 4 rings (SSSR count). The predicted molar refractivity (Wildman–Crippen MR) is 101 cm³/mol. The summed E-state index contributed by atoms with van der Waals surface area (Å²) in [5.74, 6) is -0.262. The fraction of sp³-hybridized carbons (Fsp3) is 0.526. The number of anilines is 1. The normalized spacial score (nSPS) is 21.3. The smallest absolute Gasteiger partial charge is 0.321 e. The third kappa shape index (κ3) is 4.62. The molecule has 1 aromatic heterocycles. The second-order valence-electron chi connectivity index (χ2n) is 7.33. The fourth-order valence-electron chi connectivity index (χ4n) is 3.99. The van der Waals surface area contributed by atoms with Crippen LogP contribution < -0.4 is 10.6 Å². The molecule has 1 atom stereocenters. The van der Waals surface area contributed by atoms with Crippen molar-refractivity contribution < 1.29 is 13.9 Å². The Morgan fingerprint density at radius 1 is 1.26 bits per heavy atom. The Morgan fingerprint density at radius 2 is 2.04 bits per heavy atom. The number of urea groups is 1. The first-order chi connectivity index (χ1) is 13.1. The van der Waals surface area contributed by atoms with Crippen LogP contribution in [0.25, 0.3) is 0 Å². The van der Waals surface area contributed by atoms with Crippen molar-refractivity contribution >= 4 is 22.5 Å². The van der Waals surface area contributed by atoms with Gasteiger partial charge >= 0.3 is 6.03 Å². The van der Waals surface area contributed by atoms with Gasteiger partial charge in [0, 0.05) is 19.1 Å². The summed E-state index contributed by atoms with van der Waals surface area (Å²) in [5, 5.41) is 15.2. The topological polar surface area (TPSA) is 76.1 Å². The van der Waals surface area contributed by atoms with Crippen LogP contribution in [-0.2, 0) is 11.2 Å². The van der Waals surface area contributed by atoms with E-state index in [9.17, 15) is 9.18 Å². The molecule has 6 nitrogen and oxygen atoms in total. The van der Waals surface area contributed by atoms with Crippen molar-refractivity contribution in [1.29, 1.82) is 0 Å². The minimum Gasteiger partial charge on any atom is -0.375 e. The summed E-state index contributed by atoms with van der Waals surface area (Å²) in [6, 6.07) is 6.17. The molecule has 2 aliphatic rings. The molecule has 0 bridgehead atoms. The summed E-state index contributed by atoms with van der Waals surface area (Å²) < 4.78 is 19.0. The van der Waals surface area contributed by atoms with Gasteiger partial charge in [-0.3, -0.25) is 5.32 Å². The molecule has 1 saturated carbocycles. The lowest BCUT2D eigenvalue weighted by atomic mass is 9.89. The van der Waals surface area contributed by atoms with E-state index in [1.54, 1.807) is 12.1 Å². The number of aromatic nitrogens is 2. The molecule has 2 aromatic rings. The minimum absolute atomic E-state index is 0.0265. The van der Waals surface area contributed by atoms with E-state index in [1.165, 1.54) is 36.3 Å². The largest absolute Gasteiger partial charge is 0.375 e. The zero-order chi connectivity index (χ0) is 18.7. The van der Waals surface area contributed by atoms with Crippen LogP contribution in [0.15, 0.2) is 24.3 Å². The van der Waals surface area contributed by atoms with Gasteiger partial charge in [0.25, 0.3) is 0 Å². The van der Waals surface area contributed by atoms with Crippen molar-refractivity contribution in [3.63, 3.8) is 0 Å². The number of amides is 2. The summed E-state index contributed by atoms with van der Waals surface area (Å²) in [7, 11) is 0. The fourth-order valence-corrected chi connectivity index (χ4v) is 4.76. The van der Waals surface area contributed by atoms with Gasteiger partial charge < -0.3 is 10.1 Å². The van der Waals surface area contributed by atoms with E-state index >= 15 is 0 Å². The number of carbonyl (C=O) groups is 1. The van der Waals surface area contributed by atoms with Crippen LogP contribution >= 0.6 is 11.3 Å². The van der Waals surface area contributed by atoms with Gasteiger partial charge in [-0.05, 0) is 43.4 Å². The first kappa shape index (κ1) is 18.3. The summed E-state index contributed by atoms with van der Waals surface area (Å²) >= 11 is 1.33. The highest BCUT2D eigenvalue weighted by Gasteiger charge is 2.40. The molecular weight excluding hydrogens is 367 g/mol. The van der Waals surface area contributed by atoms with Gasteiger partial charge in [-0.25, -0.2) is 9.18 Å². The summed E-state index contributed by atoms with van der Waals surface area (Å²) in [6.45, 7) is 0.700. The second kappa shape index (κ2) is 7.90. The Balaban J connectivity index is 1.29. The number of hydrogen-bond acceptors (Lipinski definition) is 5. The van der Waals surface area contributed by atoms with Crippen LogP contribution in [0.2, 0.25) is 0 Å². The van der Waals surface area contributed by atoms with Gasteiger partial charge in [0.2, 0.25) is 5.13 Å². The summed E-state index contributed by atoms with van der Waals surface area (Å²) in [4.78, 5) is 12.3. The number of nitrogens with zero attached hydrogens (tertiary/aromatic N) is 2. The lowest BCUT2D eigenvalue weighted by molar-refractivity contribution is -0.0818. The highest BCUT2D eigenvalue weighted by molar-refractivity contribution is 7.15. The van der Waals surface area contributed by atoms with Crippen molar-refractivity contribution in [3.8, 4) is 0 Å². The minimum atomic E-state index is -0.262. The van der Waals surface area contributed by atoms with Crippen molar-refractivity contribution in [3.05, 3.63) is 40.7 Å². The quantitative estimate of drug-likeness (QED) is 0.831. The number of halogens is 1. The van der Waals surface area contributed by atoms with E-state index in [-0.39, 0.29) is 23.5 Å². The number of nitrogens with one attached hydrogen (secondary N) is 2. The Labute approximate surface area is 161 Å². The van der Waals surface area contributed by atoms with Gasteiger partial charge in [0.1, 0.15) is 10.8 Å². The Hall–Kier alpha value is -2.06. The monoisotopic (exact) mass is 390 g/mol. The zero-order valence-electron chi connectivity index (χ0n) is 15.0. The van der Waals surface area contributed by atoms with Crippen LogP contribution in [0.1, 0.15) is 49.1 Å². The van der Waals surface area contributed by atoms with Crippen LogP contribution in [0.5, 0.6) is 0 Å². The molecular formula is C19H23FN4O2S. The van der Waals surface area contributed by atoms with E-state index in [1.807, 2.05) is 0 Å². The predicted octanol–water partition coefficient (Wildman–Crippen LogP) is 3.88. The molecule has 144 valence electrons. The maximum absolute atomic E-state index is 13.0. The molecule has 2 N–H and O–H groups in total. The molecule has 1 spiro atoms. The first-order valence-corrected chi connectivity index (χ1v) is 10.2. The molecule has 0 radical (unpaired) electrons. The average molecular weight is 390 g/mol. The molecule has 2 heterocycles. The van der Waals surface area contributed by atoms with E-state index in [0.29, 0.717) is 18.2 Å². The molecule has 1 aliphatic carbocycles. The van der Waals surface area contributed by atoms with Crippen molar-refractivity contribution in [1.82, 2.24) is 15.5 Å². The molecule has 1 aliphatic heterocycles. The Kier molecular flexibility index (Phi) is 5.36. The van der Waals surface area contributed by atoms with Crippen LogP contribution in [0.4, 0.5) is 14.3 Å². The van der Waals surface area contributed by atoms with E-state index in [2.05, 4.69) is 20.8 Å². The highest BCUT2D eigenvalue weighted by atomic mass is 32.1. The Morgan fingerprint density at radius 3 is 2.81 bits per heavy atom. The lowest BCUT2D eigenvalue weighted by Crippen LogP contribution is -2.48. The summed E-state index contributed by atoms with van der Waals surface area (Å²) in [6.07, 6.45) is 6.88. The SMILES string of the molecule is O=C(Nc1nnc(Cc2ccc(F)cc2)s1)NC1CCOC2(CCCC2)C1. The maximum Gasteiger partial charge on any atom is 0.321 e. The Bertz CT molecular complexity index is 789. The number of hydrogen-bond donors (Lipinski definition) is 2. The molecule has 1 unspecified atom stereocenters. The van der Waals surface area contributed by atoms with Gasteiger partial charge in [-0.15, -0.1) is 10.2 Å². The number of ether oxygens (including phenoxy) is 1. The summed E-state index contributed by atoms with van der Waals surface area (Å²) in [5.41, 5.74) is 0.925. The van der Waals surface area contributed by atoms with E-state index in [4.69, 9.17) is 4.74 Å². The molecule has 1 saturated heterocycles. The standard InChI is InChI=1S/C19H23FN4O2S/c20-14-5-3-13(4-6-14)11-16-23-24-18(27-16)22-17(25)21-15-7-10-26-19(12-15)8-1-2-9-19/h3-6,15H,1-2,7-12H2,(H2,21,22,24,25). The van der Waals surface area contributed by atoms with Crippen molar-refractivity contribution in [2.75, 3.05) is 11.9 Å². The first-order valence-electron chi connectivity index (χ1n) is 9.39. The van der Waals surface area contributed by atoms with Gasteiger partial charge in [0.05, 0.1) is 5.60 Å². The molecule has 1 aromatic carbocycles. The molecule has 27 heavy (non-hydrogen) atoms. The second-order valence-corrected chi connectivity index (χ2v) is 8.39. The maximum atomic E-state index is 13.0. The lowest BCUT2D eigenvalue weighted by Gasteiger charge is -2.38. The van der Waals surface area contributed by atoms with Crippen molar-refractivity contribution in [2.45, 2.75) is 56.6 Å². The number of carbonyl (C=O) groups excluding carboxylic acids is 1. The number of rotatable bonds is 4. The molecule has 8 heteroatoms. The molecule has 2 fully saturated rings. The zero-order valence-corrected chi connectivity index (χ0v) is 15.9. The number of benzene rings is 1.